The van der Waals surface area contributed by atoms with Crippen LogP contribution < -0.4 is 20.1 Å². The molecule has 7 nitrogen and oxygen atoms in total. The molecule has 0 saturated heterocycles. The normalized spacial score (nSPS) is 9.73. The summed E-state index contributed by atoms with van der Waals surface area (Å²) >= 11 is 5.10. The molecule has 0 radical (unpaired) electrons. The lowest BCUT2D eigenvalue weighted by molar-refractivity contribution is 0.0977. The van der Waals surface area contributed by atoms with E-state index in [9.17, 15) is 4.79 Å². The molecule has 1 heterocycles. The number of nitrogens with one attached hydrogen (secondary N) is 2. The number of anilines is 1. The number of hydrogen-bond acceptors (Lipinski definition) is 6. The number of nitrogens with zero attached hydrogens (tertiary/aromatic N) is 2. The largest absolute Gasteiger partial charge is 0.479 e. The Morgan fingerprint density at radius 1 is 1.18 bits per heavy atom. The molecule has 1 aromatic heterocycles. The smallest absolute Gasteiger partial charge is 0.319 e. The standard InChI is InChI=1S/C14H14N4O3S/c1-20-12-10(8-15-13(18-12)21-2)16-14(22)17-11(19)9-6-4-3-5-7-9/h3-8H,1-2H3,(H2,16,17,19,22). The van der Waals surface area contributed by atoms with Gasteiger partial charge in [0.2, 0.25) is 5.88 Å². The molecule has 1 amide bonds. The zero-order valence-corrected chi connectivity index (χ0v) is 12.8. The van der Waals surface area contributed by atoms with Crippen LogP contribution in [0.3, 0.4) is 0 Å². The molecule has 0 bridgehead atoms. The second-order valence-corrected chi connectivity index (χ2v) is 4.46. The van der Waals surface area contributed by atoms with Gasteiger partial charge in [0.1, 0.15) is 5.69 Å². The van der Waals surface area contributed by atoms with E-state index in [-0.39, 0.29) is 22.9 Å². The molecule has 8 heteroatoms. The summed E-state index contributed by atoms with van der Waals surface area (Å²) < 4.78 is 10.0. The first-order valence-electron chi connectivity index (χ1n) is 6.26. The van der Waals surface area contributed by atoms with Crippen LogP contribution in [0.1, 0.15) is 10.4 Å². The van der Waals surface area contributed by atoms with Gasteiger partial charge in [0.15, 0.2) is 5.11 Å². The van der Waals surface area contributed by atoms with Crippen LogP contribution in [0.2, 0.25) is 0 Å². The molecule has 0 fully saturated rings. The fourth-order valence-electron chi connectivity index (χ4n) is 1.61. The van der Waals surface area contributed by atoms with Crippen LogP contribution in [-0.2, 0) is 0 Å². The van der Waals surface area contributed by atoms with Crippen molar-refractivity contribution in [2.45, 2.75) is 0 Å². The highest BCUT2D eigenvalue weighted by Crippen LogP contribution is 2.22. The third kappa shape index (κ3) is 3.89. The molecular formula is C14H14N4O3S. The Balaban J connectivity index is 2.05. The summed E-state index contributed by atoms with van der Waals surface area (Å²) in [7, 11) is 2.91. The molecule has 0 aliphatic carbocycles. The van der Waals surface area contributed by atoms with Crippen LogP contribution in [0.25, 0.3) is 0 Å². The number of aromatic nitrogens is 2. The third-order valence-corrected chi connectivity index (χ3v) is 2.82. The maximum Gasteiger partial charge on any atom is 0.319 e. The number of methoxy groups -OCH3 is 2. The molecule has 2 aromatic rings. The number of ether oxygens (including phenoxy) is 2. The van der Waals surface area contributed by atoms with Gasteiger partial charge in [-0.15, -0.1) is 0 Å². The second kappa shape index (κ2) is 7.32. The minimum Gasteiger partial charge on any atom is -0.479 e. The van der Waals surface area contributed by atoms with Crippen LogP contribution in [0.15, 0.2) is 36.5 Å². The van der Waals surface area contributed by atoms with E-state index in [1.54, 1.807) is 24.3 Å². The fourth-order valence-corrected chi connectivity index (χ4v) is 1.81. The van der Waals surface area contributed by atoms with Crippen LogP contribution in [0.4, 0.5) is 5.69 Å². The zero-order valence-electron chi connectivity index (χ0n) is 12.0. The first kappa shape index (κ1) is 15.6. The van der Waals surface area contributed by atoms with Crippen molar-refractivity contribution in [2.75, 3.05) is 19.5 Å². The molecule has 114 valence electrons. The third-order valence-electron chi connectivity index (χ3n) is 2.62. The van der Waals surface area contributed by atoms with Gasteiger partial charge in [-0.05, 0) is 24.4 Å². The Labute approximate surface area is 132 Å². The van der Waals surface area contributed by atoms with E-state index in [1.165, 1.54) is 20.4 Å². The van der Waals surface area contributed by atoms with Crippen molar-refractivity contribution in [1.82, 2.24) is 15.3 Å². The molecule has 2 rings (SSSR count). The van der Waals surface area contributed by atoms with Crippen molar-refractivity contribution in [2.24, 2.45) is 0 Å². The Bertz CT molecular complexity index is 679. The summed E-state index contributed by atoms with van der Waals surface area (Å²) in [5.74, 6) is -0.0605. The first-order valence-corrected chi connectivity index (χ1v) is 6.67. The SMILES string of the molecule is COc1ncc(NC(=S)NC(=O)c2ccccc2)c(OC)n1. The van der Waals surface area contributed by atoms with Crippen molar-refractivity contribution in [3.63, 3.8) is 0 Å². The van der Waals surface area contributed by atoms with Gasteiger partial charge < -0.3 is 14.8 Å². The number of carbonyl (C=O) groups excluding carboxylic acids is 1. The van der Waals surface area contributed by atoms with E-state index in [0.717, 1.165) is 0 Å². The minimum absolute atomic E-state index is 0.112. The predicted molar refractivity (Wildman–Crippen MR) is 85.3 cm³/mol. The lowest BCUT2D eigenvalue weighted by atomic mass is 10.2. The molecule has 2 N–H and O–H groups in total. The maximum absolute atomic E-state index is 12.0. The van der Waals surface area contributed by atoms with Crippen molar-refractivity contribution in [3.8, 4) is 11.9 Å². The van der Waals surface area contributed by atoms with Gasteiger partial charge in [0, 0.05) is 5.56 Å². The number of benzene rings is 1. The van der Waals surface area contributed by atoms with Gasteiger partial charge >= 0.3 is 6.01 Å². The van der Waals surface area contributed by atoms with Crippen molar-refractivity contribution < 1.29 is 14.3 Å². The number of rotatable bonds is 4. The molecule has 22 heavy (non-hydrogen) atoms. The average molecular weight is 318 g/mol. The lowest BCUT2D eigenvalue weighted by Gasteiger charge is -2.12. The van der Waals surface area contributed by atoms with Crippen LogP contribution in [0, 0.1) is 0 Å². The average Bonchev–Trinajstić information content (AvgIpc) is 2.55. The van der Waals surface area contributed by atoms with Crippen molar-refractivity contribution >= 4 is 28.9 Å². The molecule has 1 aromatic carbocycles. The summed E-state index contributed by atoms with van der Waals surface area (Å²) in [6.45, 7) is 0. The van der Waals surface area contributed by atoms with E-state index in [2.05, 4.69) is 20.6 Å². The number of carbonyl (C=O) groups is 1. The molecule has 0 saturated carbocycles. The number of hydrogen-bond donors (Lipinski definition) is 2. The first-order chi connectivity index (χ1) is 10.6. The number of thiocarbonyl (C=S) groups is 1. The van der Waals surface area contributed by atoms with E-state index in [4.69, 9.17) is 21.7 Å². The summed E-state index contributed by atoms with van der Waals surface area (Å²) in [6, 6.07) is 8.91. The van der Waals surface area contributed by atoms with Gasteiger partial charge in [-0.2, -0.15) is 4.98 Å². The van der Waals surface area contributed by atoms with Gasteiger partial charge in [0.05, 0.1) is 20.4 Å². The van der Waals surface area contributed by atoms with Gasteiger partial charge in [-0.1, -0.05) is 18.2 Å². The maximum atomic E-state index is 12.0. The fraction of sp³-hybridized carbons (Fsp3) is 0.143. The Kier molecular flexibility index (Phi) is 5.21. The van der Waals surface area contributed by atoms with Gasteiger partial charge in [-0.3, -0.25) is 10.1 Å². The Morgan fingerprint density at radius 3 is 2.55 bits per heavy atom. The Hall–Kier alpha value is -2.74. The molecule has 0 spiro atoms. The van der Waals surface area contributed by atoms with E-state index in [0.29, 0.717) is 11.3 Å². The lowest BCUT2D eigenvalue weighted by Crippen LogP contribution is -2.34. The predicted octanol–water partition coefficient (Wildman–Crippen LogP) is 1.62. The summed E-state index contributed by atoms with van der Waals surface area (Å²) in [5.41, 5.74) is 0.922. The van der Waals surface area contributed by atoms with Gasteiger partial charge in [0.25, 0.3) is 5.91 Å². The summed E-state index contributed by atoms with van der Waals surface area (Å²) in [4.78, 5) is 19.9. The quantitative estimate of drug-likeness (QED) is 0.829. The Morgan fingerprint density at radius 2 is 1.91 bits per heavy atom. The highest BCUT2D eigenvalue weighted by molar-refractivity contribution is 7.80. The highest BCUT2D eigenvalue weighted by Gasteiger charge is 2.12. The van der Waals surface area contributed by atoms with Gasteiger partial charge in [-0.25, -0.2) is 4.98 Å². The van der Waals surface area contributed by atoms with Crippen molar-refractivity contribution in [3.05, 3.63) is 42.1 Å². The van der Waals surface area contributed by atoms with E-state index >= 15 is 0 Å². The van der Waals surface area contributed by atoms with Crippen LogP contribution in [0.5, 0.6) is 11.9 Å². The minimum atomic E-state index is -0.313. The molecule has 0 aliphatic rings. The van der Waals surface area contributed by atoms with Crippen LogP contribution in [-0.4, -0.2) is 35.2 Å². The molecule has 0 atom stereocenters. The molecule has 0 unspecified atom stereocenters. The van der Waals surface area contributed by atoms with Crippen molar-refractivity contribution in [1.29, 1.82) is 0 Å². The summed E-state index contributed by atoms with van der Waals surface area (Å²) in [6.07, 6.45) is 1.45. The molecular weight excluding hydrogens is 304 g/mol. The monoisotopic (exact) mass is 318 g/mol. The van der Waals surface area contributed by atoms with E-state index < -0.39 is 0 Å². The van der Waals surface area contributed by atoms with Crippen LogP contribution >= 0.6 is 12.2 Å². The summed E-state index contributed by atoms with van der Waals surface area (Å²) in [5, 5.41) is 5.48. The number of amides is 1. The topological polar surface area (TPSA) is 85.4 Å². The second-order valence-electron chi connectivity index (χ2n) is 4.05. The zero-order chi connectivity index (χ0) is 15.9. The molecule has 0 aliphatic heterocycles. The highest BCUT2D eigenvalue weighted by atomic mass is 32.1. The van der Waals surface area contributed by atoms with E-state index in [1.807, 2.05) is 6.07 Å².